The molecule has 1 amide bonds. The van der Waals surface area contributed by atoms with Gasteiger partial charge in [0.05, 0.1) is 17.2 Å². The van der Waals surface area contributed by atoms with Crippen molar-refractivity contribution in [1.82, 2.24) is 15.6 Å². The maximum absolute atomic E-state index is 11.3. The van der Waals surface area contributed by atoms with Gasteiger partial charge in [0.1, 0.15) is 0 Å². The quantitative estimate of drug-likeness (QED) is 0.760. The number of hydrogen-bond donors (Lipinski definition) is 2. The number of hydrogen-bond acceptors (Lipinski definition) is 4. The Kier molecular flexibility index (Phi) is 5.28. The summed E-state index contributed by atoms with van der Waals surface area (Å²) < 4.78 is 0. The van der Waals surface area contributed by atoms with E-state index < -0.39 is 0 Å². The summed E-state index contributed by atoms with van der Waals surface area (Å²) in [5, 5.41) is 8.89. The molecule has 0 aromatic carbocycles. The molecule has 84 valence electrons. The molecular weight excluding hydrogens is 210 g/mol. The first kappa shape index (κ1) is 12.1. The van der Waals surface area contributed by atoms with Crippen LogP contribution in [0, 0.1) is 0 Å². The summed E-state index contributed by atoms with van der Waals surface area (Å²) in [4.78, 5) is 15.6. The fraction of sp³-hybridized carbons (Fsp3) is 0.600. The van der Waals surface area contributed by atoms with E-state index in [1.54, 1.807) is 11.3 Å². The van der Waals surface area contributed by atoms with E-state index in [1.165, 1.54) is 0 Å². The van der Waals surface area contributed by atoms with Gasteiger partial charge in [0, 0.05) is 18.3 Å². The van der Waals surface area contributed by atoms with E-state index in [9.17, 15) is 4.79 Å². The molecule has 0 aliphatic rings. The van der Waals surface area contributed by atoms with Crippen LogP contribution < -0.4 is 10.6 Å². The number of aromatic nitrogens is 1. The van der Waals surface area contributed by atoms with Gasteiger partial charge in [-0.05, 0) is 13.5 Å². The minimum atomic E-state index is 0.0652. The SMILES string of the molecule is CCc1nc(CNC(=O)CCNC)cs1. The van der Waals surface area contributed by atoms with Crippen molar-refractivity contribution < 1.29 is 4.79 Å². The summed E-state index contributed by atoms with van der Waals surface area (Å²) in [6, 6.07) is 0. The summed E-state index contributed by atoms with van der Waals surface area (Å²) >= 11 is 1.64. The molecule has 1 aromatic heterocycles. The molecule has 0 spiro atoms. The van der Waals surface area contributed by atoms with Crippen molar-refractivity contribution in [3.63, 3.8) is 0 Å². The number of carbonyl (C=O) groups is 1. The lowest BCUT2D eigenvalue weighted by Crippen LogP contribution is -2.26. The Bertz CT molecular complexity index is 311. The van der Waals surface area contributed by atoms with Crippen LogP contribution in [-0.4, -0.2) is 24.5 Å². The predicted octanol–water partition coefficient (Wildman–Crippen LogP) is 0.931. The lowest BCUT2D eigenvalue weighted by Gasteiger charge is -2.02. The third-order valence-corrected chi connectivity index (χ3v) is 3.01. The molecular formula is C10H17N3OS. The molecule has 0 unspecified atom stereocenters. The largest absolute Gasteiger partial charge is 0.350 e. The van der Waals surface area contributed by atoms with Crippen molar-refractivity contribution >= 4 is 17.2 Å². The van der Waals surface area contributed by atoms with Crippen molar-refractivity contribution in [3.05, 3.63) is 16.1 Å². The number of aryl methyl sites for hydroxylation is 1. The number of nitrogens with zero attached hydrogens (tertiary/aromatic N) is 1. The molecule has 0 fully saturated rings. The summed E-state index contributed by atoms with van der Waals surface area (Å²) in [6.45, 7) is 3.33. The highest BCUT2D eigenvalue weighted by molar-refractivity contribution is 7.09. The van der Waals surface area contributed by atoms with Gasteiger partial charge in [-0.2, -0.15) is 0 Å². The molecule has 1 heterocycles. The highest BCUT2D eigenvalue weighted by atomic mass is 32.1. The highest BCUT2D eigenvalue weighted by Gasteiger charge is 2.03. The second kappa shape index (κ2) is 6.53. The molecule has 0 saturated carbocycles. The Labute approximate surface area is 94.1 Å². The molecule has 15 heavy (non-hydrogen) atoms. The van der Waals surface area contributed by atoms with Crippen molar-refractivity contribution in [3.8, 4) is 0 Å². The average Bonchev–Trinajstić information content (AvgIpc) is 2.71. The Morgan fingerprint density at radius 1 is 1.60 bits per heavy atom. The molecule has 0 atom stereocenters. The van der Waals surface area contributed by atoms with Gasteiger partial charge in [-0.3, -0.25) is 4.79 Å². The minimum absolute atomic E-state index is 0.0652. The molecule has 0 bridgehead atoms. The monoisotopic (exact) mass is 227 g/mol. The van der Waals surface area contributed by atoms with Crippen molar-refractivity contribution in [2.75, 3.05) is 13.6 Å². The van der Waals surface area contributed by atoms with Crippen LogP contribution >= 0.6 is 11.3 Å². The van der Waals surface area contributed by atoms with Gasteiger partial charge in [0.15, 0.2) is 0 Å². The zero-order valence-corrected chi connectivity index (χ0v) is 9.99. The molecule has 1 rings (SSSR count). The molecule has 0 radical (unpaired) electrons. The van der Waals surface area contributed by atoms with E-state index in [2.05, 4.69) is 22.5 Å². The third-order valence-electron chi connectivity index (χ3n) is 1.97. The van der Waals surface area contributed by atoms with Gasteiger partial charge in [0.25, 0.3) is 0 Å². The van der Waals surface area contributed by atoms with E-state index >= 15 is 0 Å². The first-order chi connectivity index (χ1) is 7.26. The van der Waals surface area contributed by atoms with Crippen LogP contribution in [0.1, 0.15) is 24.0 Å². The lowest BCUT2D eigenvalue weighted by molar-refractivity contribution is -0.121. The van der Waals surface area contributed by atoms with Crippen LogP contribution in [0.5, 0.6) is 0 Å². The van der Waals surface area contributed by atoms with Crippen molar-refractivity contribution in [1.29, 1.82) is 0 Å². The maximum Gasteiger partial charge on any atom is 0.221 e. The molecule has 2 N–H and O–H groups in total. The zero-order chi connectivity index (χ0) is 11.1. The van der Waals surface area contributed by atoms with Crippen molar-refractivity contribution in [2.24, 2.45) is 0 Å². The fourth-order valence-corrected chi connectivity index (χ4v) is 1.85. The number of amides is 1. The Hall–Kier alpha value is -0.940. The van der Waals surface area contributed by atoms with Crippen LogP contribution in [0.25, 0.3) is 0 Å². The van der Waals surface area contributed by atoms with Gasteiger partial charge in [-0.15, -0.1) is 11.3 Å². The molecule has 0 aliphatic carbocycles. The van der Waals surface area contributed by atoms with Gasteiger partial charge < -0.3 is 10.6 Å². The molecule has 5 heteroatoms. The third kappa shape index (κ3) is 4.40. The van der Waals surface area contributed by atoms with Gasteiger partial charge in [0.2, 0.25) is 5.91 Å². The first-order valence-corrected chi connectivity index (χ1v) is 5.98. The second-order valence-corrected chi connectivity index (χ2v) is 4.16. The molecule has 0 saturated heterocycles. The Morgan fingerprint density at radius 2 is 2.40 bits per heavy atom. The normalized spacial score (nSPS) is 10.3. The Balaban J connectivity index is 2.27. The number of rotatable bonds is 6. The maximum atomic E-state index is 11.3. The van der Waals surface area contributed by atoms with Crippen LogP contribution in [0.3, 0.4) is 0 Å². The summed E-state index contributed by atoms with van der Waals surface area (Å²) in [7, 11) is 1.83. The van der Waals surface area contributed by atoms with E-state index in [4.69, 9.17) is 0 Å². The van der Waals surface area contributed by atoms with Crippen LogP contribution in [-0.2, 0) is 17.8 Å². The van der Waals surface area contributed by atoms with Crippen LogP contribution in [0.4, 0.5) is 0 Å². The van der Waals surface area contributed by atoms with Crippen LogP contribution in [0.2, 0.25) is 0 Å². The number of nitrogens with one attached hydrogen (secondary N) is 2. The van der Waals surface area contributed by atoms with E-state index in [0.717, 1.165) is 17.1 Å². The van der Waals surface area contributed by atoms with Crippen LogP contribution in [0.15, 0.2) is 5.38 Å². The standard InChI is InChI=1S/C10H17N3OS/c1-3-10-13-8(7-15-10)6-12-9(14)4-5-11-2/h7,11H,3-6H2,1-2H3,(H,12,14). The first-order valence-electron chi connectivity index (χ1n) is 5.10. The fourth-order valence-electron chi connectivity index (χ4n) is 1.11. The van der Waals surface area contributed by atoms with E-state index in [1.807, 2.05) is 12.4 Å². The second-order valence-electron chi connectivity index (χ2n) is 3.22. The summed E-state index contributed by atoms with van der Waals surface area (Å²) in [5.41, 5.74) is 0.953. The Morgan fingerprint density at radius 3 is 3.00 bits per heavy atom. The lowest BCUT2D eigenvalue weighted by atomic mass is 10.4. The van der Waals surface area contributed by atoms with Crippen molar-refractivity contribution in [2.45, 2.75) is 26.3 Å². The number of carbonyl (C=O) groups excluding carboxylic acids is 1. The minimum Gasteiger partial charge on any atom is -0.350 e. The molecule has 0 aliphatic heterocycles. The van der Waals surface area contributed by atoms with E-state index in [-0.39, 0.29) is 5.91 Å². The van der Waals surface area contributed by atoms with E-state index in [0.29, 0.717) is 19.5 Å². The van der Waals surface area contributed by atoms with Gasteiger partial charge in [-0.25, -0.2) is 4.98 Å². The zero-order valence-electron chi connectivity index (χ0n) is 9.17. The average molecular weight is 227 g/mol. The molecule has 1 aromatic rings. The summed E-state index contributed by atoms with van der Waals surface area (Å²) in [6.07, 6.45) is 1.47. The smallest absolute Gasteiger partial charge is 0.221 e. The highest BCUT2D eigenvalue weighted by Crippen LogP contribution is 2.09. The summed E-state index contributed by atoms with van der Waals surface area (Å²) in [5.74, 6) is 0.0652. The molecule has 4 nitrogen and oxygen atoms in total. The number of thiazole rings is 1. The topological polar surface area (TPSA) is 54.0 Å². The van der Waals surface area contributed by atoms with Gasteiger partial charge >= 0.3 is 0 Å². The van der Waals surface area contributed by atoms with Gasteiger partial charge in [-0.1, -0.05) is 6.92 Å². The predicted molar refractivity (Wildman–Crippen MR) is 61.9 cm³/mol.